The SMILES string of the molecule is CCCS(=N)(=O)c1nc(N)c2c(n1)N(Cc1ccc(Cl)nc1)C(=O)C2. The summed E-state index contributed by atoms with van der Waals surface area (Å²) in [4.78, 5) is 26.1. The van der Waals surface area contributed by atoms with Crippen LogP contribution in [-0.4, -0.2) is 30.8 Å². The fraction of sp³-hybridized carbons (Fsp3) is 0.333. The van der Waals surface area contributed by atoms with Gasteiger partial charge in [-0.1, -0.05) is 24.6 Å². The van der Waals surface area contributed by atoms with Gasteiger partial charge in [0.25, 0.3) is 0 Å². The highest BCUT2D eigenvalue weighted by Gasteiger charge is 2.33. The first kappa shape index (κ1) is 17.6. The predicted octanol–water partition coefficient (Wildman–Crippen LogP) is 2.01. The molecule has 2 aromatic rings. The minimum atomic E-state index is -3.14. The van der Waals surface area contributed by atoms with Gasteiger partial charge in [0.1, 0.15) is 26.5 Å². The van der Waals surface area contributed by atoms with Crippen LogP contribution in [0.15, 0.2) is 23.5 Å². The van der Waals surface area contributed by atoms with Gasteiger partial charge in [-0.2, -0.15) is 0 Å². The molecule has 1 unspecified atom stereocenters. The Hall–Kier alpha value is -2.26. The van der Waals surface area contributed by atoms with E-state index >= 15 is 0 Å². The summed E-state index contributed by atoms with van der Waals surface area (Å²) in [5, 5.41) is 0.235. The zero-order valence-electron chi connectivity index (χ0n) is 13.5. The summed E-state index contributed by atoms with van der Waals surface area (Å²) in [5.41, 5.74) is 7.20. The standard InChI is InChI=1S/C15H17ClN6O2S/c1-2-5-25(18,24)15-20-13(17)10-6-12(23)22(14(10)21-15)8-9-3-4-11(16)19-7-9/h3-4,7,18H,2,5-6,8H2,1H3,(H2,17,20,21). The zero-order valence-corrected chi connectivity index (χ0v) is 15.1. The molecule has 8 nitrogen and oxygen atoms in total. The number of nitrogens with two attached hydrogens (primary N) is 1. The van der Waals surface area contributed by atoms with Crippen molar-refractivity contribution < 1.29 is 9.00 Å². The smallest absolute Gasteiger partial charge is 0.233 e. The maximum absolute atomic E-state index is 12.5. The highest BCUT2D eigenvalue weighted by molar-refractivity contribution is 7.92. The number of nitrogen functional groups attached to an aromatic ring is 1. The van der Waals surface area contributed by atoms with Gasteiger partial charge in [-0.3, -0.25) is 9.69 Å². The Morgan fingerprint density at radius 2 is 2.16 bits per heavy atom. The molecule has 0 saturated carbocycles. The van der Waals surface area contributed by atoms with Gasteiger partial charge in [0.05, 0.1) is 13.0 Å². The third-order valence-electron chi connectivity index (χ3n) is 3.80. The van der Waals surface area contributed by atoms with Crippen molar-refractivity contribution >= 4 is 38.9 Å². The van der Waals surface area contributed by atoms with Gasteiger partial charge >= 0.3 is 0 Å². The number of rotatable bonds is 5. The number of nitrogens with one attached hydrogen (secondary N) is 1. The van der Waals surface area contributed by atoms with E-state index < -0.39 is 9.73 Å². The van der Waals surface area contributed by atoms with Crippen LogP contribution in [0.25, 0.3) is 0 Å². The monoisotopic (exact) mass is 380 g/mol. The molecule has 0 saturated heterocycles. The Labute approximate surface area is 150 Å². The molecule has 3 N–H and O–H groups in total. The van der Waals surface area contributed by atoms with Crippen molar-refractivity contribution in [1.29, 1.82) is 4.78 Å². The molecule has 0 bridgehead atoms. The average molecular weight is 381 g/mol. The Morgan fingerprint density at radius 1 is 1.40 bits per heavy atom. The summed E-state index contributed by atoms with van der Waals surface area (Å²) in [7, 11) is -3.14. The van der Waals surface area contributed by atoms with E-state index in [9.17, 15) is 9.00 Å². The number of amides is 1. The summed E-state index contributed by atoms with van der Waals surface area (Å²) in [6.07, 6.45) is 2.21. The molecule has 0 radical (unpaired) electrons. The third kappa shape index (κ3) is 3.42. The molecular weight excluding hydrogens is 364 g/mol. The van der Waals surface area contributed by atoms with Gasteiger partial charge in [-0.25, -0.2) is 23.9 Å². The summed E-state index contributed by atoms with van der Waals surface area (Å²) in [6, 6.07) is 3.40. The van der Waals surface area contributed by atoms with Crippen molar-refractivity contribution in [3.63, 3.8) is 0 Å². The van der Waals surface area contributed by atoms with Gasteiger partial charge in [0.15, 0.2) is 0 Å². The molecular formula is C15H17ClN6O2S. The highest BCUT2D eigenvalue weighted by Crippen LogP contribution is 2.32. The van der Waals surface area contributed by atoms with E-state index in [-0.39, 0.29) is 35.6 Å². The maximum atomic E-state index is 12.5. The number of halogens is 1. The Bertz CT molecular complexity index is 930. The maximum Gasteiger partial charge on any atom is 0.233 e. The molecule has 1 aliphatic rings. The number of pyridine rings is 1. The van der Waals surface area contributed by atoms with E-state index in [2.05, 4.69) is 15.0 Å². The lowest BCUT2D eigenvalue weighted by molar-refractivity contribution is -0.117. The van der Waals surface area contributed by atoms with Crippen LogP contribution < -0.4 is 10.6 Å². The lowest BCUT2D eigenvalue weighted by atomic mass is 10.2. The normalized spacial score (nSPS) is 15.9. The second-order valence-corrected chi connectivity index (χ2v) is 8.23. The average Bonchev–Trinajstić information content (AvgIpc) is 2.86. The van der Waals surface area contributed by atoms with Crippen molar-refractivity contribution in [3.8, 4) is 0 Å². The predicted molar refractivity (Wildman–Crippen MR) is 94.9 cm³/mol. The van der Waals surface area contributed by atoms with Crippen LogP contribution in [0, 0.1) is 4.78 Å². The minimum absolute atomic E-state index is 0.0788. The summed E-state index contributed by atoms with van der Waals surface area (Å²) >= 11 is 5.78. The molecule has 0 aromatic carbocycles. The molecule has 0 spiro atoms. The van der Waals surface area contributed by atoms with E-state index in [0.717, 1.165) is 5.56 Å². The van der Waals surface area contributed by atoms with Gasteiger partial charge < -0.3 is 5.73 Å². The fourth-order valence-electron chi connectivity index (χ4n) is 2.60. The second-order valence-electron chi connectivity index (χ2n) is 5.72. The number of hydrogen-bond acceptors (Lipinski definition) is 7. The van der Waals surface area contributed by atoms with Crippen LogP contribution >= 0.6 is 11.6 Å². The first-order valence-corrected chi connectivity index (χ1v) is 9.76. The van der Waals surface area contributed by atoms with E-state index in [1.807, 2.05) is 6.92 Å². The molecule has 10 heteroatoms. The Morgan fingerprint density at radius 3 is 2.80 bits per heavy atom. The van der Waals surface area contributed by atoms with Crippen molar-refractivity contribution in [2.45, 2.75) is 31.5 Å². The van der Waals surface area contributed by atoms with Gasteiger partial charge in [0.2, 0.25) is 11.1 Å². The van der Waals surface area contributed by atoms with Crippen molar-refractivity contribution in [3.05, 3.63) is 34.6 Å². The van der Waals surface area contributed by atoms with Crippen LogP contribution in [0.4, 0.5) is 11.6 Å². The quantitative estimate of drug-likeness (QED) is 0.603. The van der Waals surface area contributed by atoms with Crippen LogP contribution in [0.3, 0.4) is 0 Å². The van der Waals surface area contributed by atoms with Crippen LogP contribution in [0.1, 0.15) is 24.5 Å². The van der Waals surface area contributed by atoms with Gasteiger partial charge in [-0.05, 0) is 18.1 Å². The lowest BCUT2D eigenvalue weighted by Gasteiger charge is -2.17. The molecule has 2 aromatic heterocycles. The second kappa shape index (κ2) is 6.57. The van der Waals surface area contributed by atoms with E-state index in [4.69, 9.17) is 22.1 Å². The fourth-order valence-corrected chi connectivity index (χ4v) is 3.95. The minimum Gasteiger partial charge on any atom is -0.383 e. The first-order valence-electron chi connectivity index (χ1n) is 7.65. The number of nitrogens with zero attached hydrogens (tertiary/aromatic N) is 4. The number of fused-ring (bicyclic) bond motifs is 1. The molecule has 1 amide bonds. The van der Waals surface area contributed by atoms with Crippen LogP contribution in [0.5, 0.6) is 0 Å². The molecule has 1 atom stereocenters. The van der Waals surface area contributed by atoms with Crippen molar-refractivity contribution in [2.75, 3.05) is 16.4 Å². The summed E-state index contributed by atoms with van der Waals surface area (Å²) in [5.74, 6) is 0.370. The van der Waals surface area contributed by atoms with Crippen LogP contribution in [-0.2, 0) is 27.5 Å². The largest absolute Gasteiger partial charge is 0.383 e. The number of hydrogen-bond donors (Lipinski definition) is 2. The molecule has 25 heavy (non-hydrogen) atoms. The molecule has 3 heterocycles. The molecule has 0 fully saturated rings. The van der Waals surface area contributed by atoms with Gasteiger partial charge in [0, 0.05) is 17.5 Å². The Balaban J connectivity index is 2.01. The van der Waals surface area contributed by atoms with Crippen molar-refractivity contribution in [1.82, 2.24) is 15.0 Å². The summed E-state index contributed by atoms with van der Waals surface area (Å²) < 4.78 is 20.5. The number of anilines is 2. The topological polar surface area (TPSA) is 126 Å². The highest BCUT2D eigenvalue weighted by atomic mass is 35.5. The number of carbonyl (C=O) groups is 1. The molecule has 3 rings (SSSR count). The van der Waals surface area contributed by atoms with E-state index in [1.54, 1.807) is 18.3 Å². The lowest BCUT2D eigenvalue weighted by Crippen LogP contribution is -2.27. The van der Waals surface area contributed by atoms with Gasteiger partial charge in [-0.15, -0.1) is 0 Å². The first-order chi connectivity index (χ1) is 11.8. The molecule has 132 valence electrons. The number of carbonyl (C=O) groups excluding carboxylic acids is 1. The number of aromatic nitrogens is 3. The van der Waals surface area contributed by atoms with E-state index in [0.29, 0.717) is 23.0 Å². The van der Waals surface area contributed by atoms with Crippen molar-refractivity contribution in [2.24, 2.45) is 0 Å². The van der Waals surface area contributed by atoms with Crippen LogP contribution in [0.2, 0.25) is 5.15 Å². The summed E-state index contributed by atoms with van der Waals surface area (Å²) in [6.45, 7) is 2.06. The molecule has 1 aliphatic heterocycles. The molecule has 0 aliphatic carbocycles. The van der Waals surface area contributed by atoms with E-state index in [1.165, 1.54) is 4.90 Å². The third-order valence-corrected chi connectivity index (χ3v) is 5.78. The Kier molecular flexibility index (Phi) is 4.61. The zero-order chi connectivity index (χ0) is 18.2.